The Morgan fingerprint density at radius 2 is 1.95 bits per heavy atom. The van der Waals surface area contributed by atoms with E-state index in [0.717, 1.165) is 4.31 Å². The van der Waals surface area contributed by atoms with Gasteiger partial charge in [-0.1, -0.05) is 0 Å². The van der Waals surface area contributed by atoms with Gasteiger partial charge in [0.25, 0.3) is 10.2 Å². The molecule has 0 radical (unpaired) electrons. The number of rotatable bonds is 4. The van der Waals surface area contributed by atoms with E-state index >= 15 is 0 Å². The Bertz CT molecular complexity index is 501. The molecule has 1 aliphatic heterocycles. The molecule has 2 aliphatic rings. The first kappa shape index (κ1) is 15.5. The molecule has 6 nitrogen and oxygen atoms in total. The first-order chi connectivity index (χ1) is 9.07. The van der Waals surface area contributed by atoms with Crippen molar-refractivity contribution in [3.8, 4) is 0 Å². The van der Waals surface area contributed by atoms with E-state index in [0.29, 0.717) is 12.8 Å². The molecule has 0 aromatic rings. The lowest BCUT2D eigenvalue weighted by atomic mass is 10.0. The van der Waals surface area contributed by atoms with Crippen LogP contribution in [0.4, 0.5) is 13.2 Å². The standard InChI is InChI=1S/C10H15F3N2O4S/c11-10(12,13)9(3-4-9)14-20(18,19)15-5-1-2-7(6-15)8(16)17/h7,14H,1-6H2,(H,16,17). The molecule has 1 atom stereocenters. The Morgan fingerprint density at radius 1 is 1.35 bits per heavy atom. The summed E-state index contributed by atoms with van der Waals surface area (Å²) in [6.45, 7) is -0.258. The van der Waals surface area contributed by atoms with Gasteiger partial charge in [-0.05, 0) is 25.7 Å². The summed E-state index contributed by atoms with van der Waals surface area (Å²) in [5, 5.41) is 8.87. The third-order valence-corrected chi connectivity index (χ3v) is 5.35. The fourth-order valence-corrected chi connectivity index (χ4v) is 3.93. The lowest BCUT2D eigenvalue weighted by Gasteiger charge is -2.32. The summed E-state index contributed by atoms with van der Waals surface area (Å²) >= 11 is 0. The zero-order chi connectivity index (χ0) is 15.2. The molecule has 1 saturated carbocycles. The highest BCUT2D eigenvalue weighted by Gasteiger charge is 2.65. The van der Waals surface area contributed by atoms with E-state index in [1.807, 2.05) is 0 Å². The van der Waals surface area contributed by atoms with Crippen LogP contribution in [-0.2, 0) is 15.0 Å². The van der Waals surface area contributed by atoms with Crippen molar-refractivity contribution in [1.29, 1.82) is 0 Å². The van der Waals surface area contributed by atoms with Gasteiger partial charge in [0.1, 0.15) is 5.54 Å². The van der Waals surface area contributed by atoms with E-state index in [1.165, 1.54) is 0 Å². The highest BCUT2D eigenvalue weighted by molar-refractivity contribution is 7.87. The summed E-state index contributed by atoms with van der Waals surface area (Å²) in [6.07, 6.45) is -4.57. The van der Waals surface area contributed by atoms with Gasteiger partial charge in [-0.15, -0.1) is 0 Å². The second-order valence-electron chi connectivity index (χ2n) is 5.22. The highest BCUT2D eigenvalue weighted by Crippen LogP contribution is 2.49. The molecule has 1 aliphatic carbocycles. The fourth-order valence-electron chi connectivity index (χ4n) is 2.24. The molecule has 2 fully saturated rings. The van der Waals surface area contributed by atoms with Gasteiger partial charge in [0.2, 0.25) is 0 Å². The van der Waals surface area contributed by atoms with Crippen LogP contribution in [0.3, 0.4) is 0 Å². The van der Waals surface area contributed by atoms with Gasteiger partial charge in [0, 0.05) is 13.1 Å². The van der Waals surface area contributed by atoms with Crippen molar-refractivity contribution in [2.24, 2.45) is 5.92 Å². The molecule has 0 amide bonds. The van der Waals surface area contributed by atoms with Gasteiger partial charge in [-0.2, -0.15) is 30.6 Å². The molecular formula is C10H15F3N2O4S. The van der Waals surface area contributed by atoms with Crippen LogP contribution in [0.15, 0.2) is 0 Å². The largest absolute Gasteiger partial charge is 0.481 e. The fraction of sp³-hybridized carbons (Fsp3) is 0.900. The van der Waals surface area contributed by atoms with E-state index < -0.39 is 33.8 Å². The highest BCUT2D eigenvalue weighted by atomic mass is 32.2. The van der Waals surface area contributed by atoms with Crippen LogP contribution < -0.4 is 4.72 Å². The zero-order valence-electron chi connectivity index (χ0n) is 10.5. The van der Waals surface area contributed by atoms with Crippen molar-refractivity contribution in [1.82, 2.24) is 9.03 Å². The number of nitrogens with one attached hydrogen (secondary N) is 1. The summed E-state index contributed by atoms with van der Waals surface area (Å²) in [5.41, 5.74) is -2.37. The number of halogens is 3. The second kappa shape index (κ2) is 4.85. The van der Waals surface area contributed by atoms with Crippen LogP contribution in [0.2, 0.25) is 0 Å². The molecule has 2 N–H and O–H groups in total. The molecule has 1 saturated heterocycles. The molecule has 1 unspecified atom stereocenters. The maximum atomic E-state index is 12.8. The zero-order valence-corrected chi connectivity index (χ0v) is 11.3. The predicted molar refractivity (Wildman–Crippen MR) is 62.0 cm³/mol. The van der Waals surface area contributed by atoms with E-state index in [4.69, 9.17) is 5.11 Å². The molecule has 2 rings (SSSR count). The second-order valence-corrected chi connectivity index (χ2v) is 6.89. The Hall–Kier alpha value is -0.870. The summed E-state index contributed by atoms with van der Waals surface area (Å²) < 4.78 is 64.7. The third kappa shape index (κ3) is 2.91. The van der Waals surface area contributed by atoms with E-state index in [-0.39, 0.29) is 25.9 Å². The first-order valence-electron chi connectivity index (χ1n) is 6.16. The van der Waals surface area contributed by atoms with Crippen molar-refractivity contribution < 1.29 is 31.5 Å². The summed E-state index contributed by atoms with van der Waals surface area (Å²) in [6, 6.07) is 0. The van der Waals surface area contributed by atoms with Gasteiger partial charge in [-0.3, -0.25) is 4.79 Å². The number of aliphatic carboxylic acids is 1. The minimum atomic E-state index is -4.64. The SMILES string of the molecule is O=C(O)C1CCCN(S(=O)(=O)NC2(C(F)(F)F)CC2)C1. The van der Waals surface area contributed by atoms with Gasteiger partial charge < -0.3 is 5.11 Å². The van der Waals surface area contributed by atoms with Gasteiger partial charge in [0.15, 0.2) is 0 Å². The van der Waals surface area contributed by atoms with E-state index in [2.05, 4.69) is 0 Å². The van der Waals surface area contributed by atoms with Gasteiger partial charge in [0.05, 0.1) is 5.92 Å². The number of piperidine rings is 1. The number of nitrogens with zero attached hydrogens (tertiary/aromatic N) is 1. The Kier molecular flexibility index (Phi) is 3.76. The molecule has 0 aromatic carbocycles. The number of alkyl halides is 3. The topological polar surface area (TPSA) is 86.7 Å². The predicted octanol–water partition coefficient (Wildman–Crippen LogP) is 0.712. The Balaban J connectivity index is 2.09. The molecular weight excluding hydrogens is 301 g/mol. The van der Waals surface area contributed by atoms with Crippen LogP contribution in [-0.4, -0.2) is 48.6 Å². The minimum Gasteiger partial charge on any atom is -0.481 e. The Labute approximate surface area is 114 Å². The van der Waals surface area contributed by atoms with E-state index in [1.54, 1.807) is 4.72 Å². The molecule has 10 heteroatoms. The number of carbonyl (C=O) groups is 1. The minimum absolute atomic E-state index is 0.0348. The third-order valence-electron chi connectivity index (χ3n) is 3.69. The monoisotopic (exact) mass is 316 g/mol. The van der Waals surface area contributed by atoms with Gasteiger partial charge in [-0.25, -0.2) is 0 Å². The summed E-state index contributed by atoms with van der Waals surface area (Å²) in [7, 11) is -4.33. The molecule has 0 bridgehead atoms. The number of carboxylic acid groups (broad SMARTS) is 1. The van der Waals surface area contributed by atoms with Crippen molar-refractivity contribution >= 4 is 16.2 Å². The number of hydrogen-bond donors (Lipinski definition) is 2. The molecule has 116 valence electrons. The normalized spacial score (nSPS) is 27.2. The van der Waals surface area contributed by atoms with Crippen LogP contribution in [0.5, 0.6) is 0 Å². The van der Waals surface area contributed by atoms with Crippen molar-refractivity contribution in [2.75, 3.05) is 13.1 Å². The average molecular weight is 316 g/mol. The lowest BCUT2D eigenvalue weighted by Crippen LogP contribution is -2.55. The maximum Gasteiger partial charge on any atom is 0.407 e. The van der Waals surface area contributed by atoms with Crippen molar-refractivity contribution in [2.45, 2.75) is 37.4 Å². The van der Waals surface area contributed by atoms with Crippen LogP contribution in [0, 0.1) is 5.92 Å². The van der Waals surface area contributed by atoms with Crippen molar-refractivity contribution in [3.05, 3.63) is 0 Å². The maximum absolute atomic E-state index is 12.8. The molecule has 0 aromatic heterocycles. The quantitative estimate of drug-likeness (QED) is 0.800. The lowest BCUT2D eigenvalue weighted by molar-refractivity contribution is -0.161. The Morgan fingerprint density at radius 3 is 2.40 bits per heavy atom. The average Bonchev–Trinajstić information content (AvgIpc) is 3.09. The van der Waals surface area contributed by atoms with Gasteiger partial charge >= 0.3 is 12.1 Å². The molecule has 1 heterocycles. The first-order valence-corrected chi connectivity index (χ1v) is 7.60. The smallest absolute Gasteiger partial charge is 0.407 e. The summed E-state index contributed by atoms with van der Waals surface area (Å²) in [4.78, 5) is 10.9. The van der Waals surface area contributed by atoms with Crippen LogP contribution in [0.25, 0.3) is 0 Å². The number of carboxylic acids is 1. The number of hydrogen-bond acceptors (Lipinski definition) is 3. The summed E-state index contributed by atoms with van der Waals surface area (Å²) in [5.74, 6) is -2.01. The molecule has 20 heavy (non-hydrogen) atoms. The molecule has 0 spiro atoms. The van der Waals surface area contributed by atoms with Crippen molar-refractivity contribution in [3.63, 3.8) is 0 Å². The van der Waals surface area contributed by atoms with E-state index in [9.17, 15) is 26.4 Å². The van der Waals surface area contributed by atoms with Crippen LogP contribution in [0.1, 0.15) is 25.7 Å². The van der Waals surface area contributed by atoms with Crippen LogP contribution >= 0.6 is 0 Å².